The number of aromatic hydroxyl groups is 1. The molecule has 0 spiro atoms. The molecule has 0 aromatic heterocycles. The minimum Gasteiger partial charge on any atom is -0.508 e. The molecule has 1 aliphatic rings. The zero-order valence-electron chi connectivity index (χ0n) is 14.7. The molecular weight excluding hydrogens is 314 g/mol. The second-order valence-electron chi connectivity index (χ2n) is 7.20. The normalized spacial score (nSPS) is 20.1. The largest absolute Gasteiger partial charge is 0.508 e. The van der Waals surface area contributed by atoms with Crippen molar-refractivity contribution in [1.82, 2.24) is 4.90 Å². The Labute approximate surface area is 149 Å². The number of phenolic OH excluding ortho intramolecular Hbond substituents is 1. The van der Waals surface area contributed by atoms with E-state index in [0.29, 0.717) is 19.3 Å². The lowest BCUT2D eigenvalue weighted by atomic mass is 9.84. The van der Waals surface area contributed by atoms with E-state index in [2.05, 4.69) is 17.0 Å². The van der Waals surface area contributed by atoms with Crippen molar-refractivity contribution in [1.29, 1.82) is 0 Å². The van der Waals surface area contributed by atoms with E-state index in [-0.39, 0.29) is 11.8 Å². The third-order valence-electron chi connectivity index (χ3n) is 5.37. The van der Waals surface area contributed by atoms with Crippen LogP contribution in [0.15, 0.2) is 54.6 Å². The Balaban J connectivity index is 1.58. The molecule has 1 fully saturated rings. The van der Waals surface area contributed by atoms with Crippen LogP contribution in [0, 0.1) is 0 Å². The summed E-state index contributed by atoms with van der Waals surface area (Å²) < 4.78 is 0. The van der Waals surface area contributed by atoms with Gasteiger partial charge in [-0.15, -0.1) is 0 Å². The monoisotopic (exact) mass is 341 g/mol. The number of rotatable bonds is 5. The second-order valence-corrected chi connectivity index (χ2v) is 7.20. The third-order valence-corrected chi connectivity index (χ3v) is 5.37. The molecule has 3 N–H and O–H groups in total. The summed E-state index contributed by atoms with van der Waals surface area (Å²) in [5.41, 5.74) is 1.30. The van der Waals surface area contributed by atoms with Crippen LogP contribution in [0.2, 0.25) is 0 Å². The number of aliphatic hydroxyl groups is 2. The molecule has 2 aromatic carbocycles. The van der Waals surface area contributed by atoms with Crippen molar-refractivity contribution < 1.29 is 15.3 Å². The van der Waals surface area contributed by atoms with E-state index in [1.807, 2.05) is 25.1 Å². The lowest BCUT2D eigenvalue weighted by Gasteiger charge is -2.42. The number of hydrogen-bond acceptors (Lipinski definition) is 4. The van der Waals surface area contributed by atoms with Gasteiger partial charge in [-0.1, -0.05) is 42.5 Å². The standard InChI is InChI=1S/C21H27NO3/c1-16(20(24)18-7-9-19(23)10-8-18)22-13-11-21(25,12-14-22)15-17-5-3-2-4-6-17/h2-10,16,20,23-25H,11-15H2,1H3. The van der Waals surface area contributed by atoms with Gasteiger partial charge in [-0.3, -0.25) is 4.90 Å². The quantitative estimate of drug-likeness (QED) is 0.782. The second kappa shape index (κ2) is 7.56. The highest BCUT2D eigenvalue weighted by Gasteiger charge is 2.35. The first-order valence-electron chi connectivity index (χ1n) is 8.94. The van der Waals surface area contributed by atoms with Crippen LogP contribution in [0.3, 0.4) is 0 Å². The SMILES string of the molecule is CC(C(O)c1ccc(O)cc1)N1CCC(O)(Cc2ccccc2)CC1. The van der Waals surface area contributed by atoms with E-state index in [9.17, 15) is 15.3 Å². The summed E-state index contributed by atoms with van der Waals surface area (Å²) in [6.07, 6.45) is 1.47. The number of nitrogens with zero attached hydrogens (tertiary/aromatic N) is 1. The highest BCUT2D eigenvalue weighted by atomic mass is 16.3. The van der Waals surface area contributed by atoms with Crippen molar-refractivity contribution in [2.24, 2.45) is 0 Å². The van der Waals surface area contributed by atoms with Gasteiger partial charge in [0.05, 0.1) is 11.7 Å². The van der Waals surface area contributed by atoms with E-state index in [0.717, 1.165) is 24.2 Å². The molecule has 2 unspecified atom stereocenters. The van der Waals surface area contributed by atoms with Gasteiger partial charge in [0.1, 0.15) is 5.75 Å². The Bertz CT molecular complexity index is 663. The average molecular weight is 341 g/mol. The van der Waals surface area contributed by atoms with Crippen LogP contribution >= 0.6 is 0 Å². The number of benzene rings is 2. The maximum absolute atomic E-state index is 10.9. The fourth-order valence-electron chi connectivity index (χ4n) is 3.65. The Kier molecular flexibility index (Phi) is 5.42. The highest BCUT2D eigenvalue weighted by Crippen LogP contribution is 2.30. The van der Waals surface area contributed by atoms with E-state index in [1.54, 1.807) is 24.3 Å². The predicted molar refractivity (Wildman–Crippen MR) is 98.4 cm³/mol. The number of hydrogen-bond donors (Lipinski definition) is 3. The molecular formula is C21H27NO3. The summed E-state index contributed by atoms with van der Waals surface area (Å²) in [5, 5.41) is 30.9. The van der Waals surface area contributed by atoms with Gasteiger partial charge in [0.25, 0.3) is 0 Å². The molecule has 3 rings (SSSR count). The van der Waals surface area contributed by atoms with Crippen molar-refractivity contribution in [2.45, 2.75) is 43.9 Å². The molecule has 1 heterocycles. The van der Waals surface area contributed by atoms with Gasteiger partial charge in [-0.05, 0) is 43.0 Å². The zero-order valence-corrected chi connectivity index (χ0v) is 14.7. The van der Waals surface area contributed by atoms with E-state index in [4.69, 9.17) is 0 Å². The highest BCUT2D eigenvalue weighted by molar-refractivity contribution is 5.28. The average Bonchev–Trinajstić information content (AvgIpc) is 2.62. The van der Waals surface area contributed by atoms with Gasteiger partial charge < -0.3 is 15.3 Å². The number of likely N-dealkylation sites (tertiary alicyclic amines) is 1. The van der Waals surface area contributed by atoms with E-state index >= 15 is 0 Å². The van der Waals surface area contributed by atoms with Crippen LogP contribution in [0.25, 0.3) is 0 Å². The summed E-state index contributed by atoms with van der Waals surface area (Å²) in [7, 11) is 0. The summed E-state index contributed by atoms with van der Waals surface area (Å²) in [6, 6.07) is 16.8. The van der Waals surface area contributed by atoms with Gasteiger partial charge in [0, 0.05) is 25.6 Å². The van der Waals surface area contributed by atoms with E-state index < -0.39 is 11.7 Å². The Hall–Kier alpha value is -1.88. The molecule has 4 nitrogen and oxygen atoms in total. The first kappa shape index (κ1) is 17.9. The van der Waals surface area contributed by atoms with Crippen LogP contribution in [0.5, 0.6) is 5.75 Å². The zero-order chi connectivity index (χ0) is 17.9. The molecule has 25 heavy (non-hydrogen) atoms. The van der Waals surface area contributed by atoms with Gasteiger partial charge in [-0.2, -0.15) is 0 Å². The van der Waals surface area contributed by atoms with Crippen molar-refractivity contribution in [3.05, 3.63) is 65.7 Å². The minimum absolute atomic E-state index is 0.0363. The van der Waals surface area contributed by atoms with Gasteiger partial charge in [0.15, 0.2) is 0 Å². The summed E-state index contributed by atoms with van der Waals surface area (Å²) in [4.78, 5) is 2.23. The molecule has 0 bridgehead atoms. The molecule has 0 amide bonds. The number of piperidine rings is 1. The fraction of sp³-hybridized carbons (Fsp3) is 0.429. The molecule has 2 aromatic rings. The lowest BCUT2D eigenvalue weighted by molar-refractivity contribution is -0.0456. The third kappa shape index (κ3) is 4.40. The van der Waals surface area contributed by atoms with Crippen molar-refractivity contribution in [3.63, 3.8) is 0 Å². The van der Waals surface area contributed by atoms with Gasteiger partial charge >= 0.3 is 0 Å². The summed E-state index contributed by atoms with van der Waals surface area (Å²) >= 11 is 0. The van der Waals surface area contributed by atoms with Crippen LogP contribution in [-0.2, 0) is 6.42 Å². The smallest absolute Gasteiger partial charge is 0.115 e. The molecule has 134 valence electrons. The first-order valence-corrected chi connectivity index (χ1v) is 8.94. The fourth-order valence-corrected chi connectivity index (χ4v) is 3.65. The van der Waals surface area contributed by atoms with Crippen molar-refractivity contribution in [2.75, 3.05) is 13.1 Å². The molecule has 1 saturated heterocycles. The molecule has 2 atom stereocenters. The summed E-state index contributed by atoms with van der Waals surface area (Å²) in [5.74, 6) is 0.201. The van der Waals surface area contributed by atoms with E-state index in [1.165, 1.54) is 0 Å². The predicted octanol–water partition coefficient (Wildman–Crippen LogP) is 2.88. The maximum Gasteiger partial charge on any atom is 0.115 e. The molecule has 1 aliphatic heterocycles. The molecule has 0 radical (unpaired) electrons. The van der Waals surface area contributed by atoms with Crippen molar-refractivity contribution >= 4 is 0 Å². The van der Waals surface area contributed by atoms with Crippen molar-refractivity contribution in [3.8, 4) is 5.75 Å². The summed E-state index contributed by atoms with van der Waals surface area (Å²) in [6.45, 7) is 3.54. The molecule has 4 heteroatoms. The van der Waals surface area contributed by atoms with Gasteiger partial charge in [-0.25, -0.2) is 0 Å². The van der Waals surface area contributed by atoms with Crippen LogP contribution in [0.1, 0.15) is 37.0 Å². The lowest BCUT2D eigenvalue weighted by Crippen LogP contribution is -2.49. The Morgan fingerprint density at radius 3 is 2.20 bits per heavy atom. The topological polar surface area (TPSA) is 63.9 Å². The van der Waals surface area contributed by atoms with Crippen LogP contribution < -0.4 is 0 Å². The number of phenols is 1. The Morgan fingerprint density at radius 1 is 1.00 bits per heavy atom. The van der Waals surface area contributed by atoms with Gasteiger partial charge in [0.2, 0.25) is 0 Å². The number of aliphatic hydroxyl groups excluding tert-OH is 1. The van der Waals surface area contributed by atoms with Crippen LogP contribution in [-0.4, -0.2) is 45.0 Å². The first-order chi connectivity index (χ1) is 12.0. The van der Waals surface area contributed by atoms with Crippen LogP contribution in [0.4, 0.5) is 0 Å². The maximum atomic E-state index is 10.9. The Morgan fingerprint density at radius 2 is 1.60 bits per heavy atom. The minimum atomic E-state index is -0.666. The molecule has 0 saturated carbocycles. The molecule has 0 aliphatic carbocycles.